The first-order chi connectivity index (χ1) is 12.7. The van der Waals surface area contributed by atoms with Crippen molar-refractivity contribution >= 4 is 0 Å². The number of aromatic nitrogens is 4. The minimum absolute atomic E-state index is 0. The van der Waals surface area contributed by atoms with Gasteiger partial charge in [0.1, 0.15) is 12.7 Å². The Labute approximate surface area is 180 Å². The molecule has 0 bridgehead atoms. The van der Waals surface area contributed by atoms with Gasteiger partial charge < -0.3 is 4.98 Å². The van der Waals surface area contributed by atoms with E-state index in [1.54, 1.807) is 0 Å². The van der Waals surface area contributed by atoms with Gasteiger partial charge in [0.25, 0.3) is 0 Å². The molecule has 0 N–H and O–H groups in total. The fourth-order valence-corrected chi connectivity index (χ4v) is 4.20. The molecule has 0 fully saturated rings. The van der Waals surface area contributed by atoms with E-state index in [9.17, 15) is 0 Å². The van der Waals surface area contributed by atoms with E-state index in [2.05, 4.69) is 79.7 Å². The molecule has 0 atom stereocenters. The van der Waals surface area contributed by atoms with E-state index in [1.165, 1.54) is 23.8 Å². The normalized spacial score (nSPS) is 18.2. The van der Waals surface area contributed by atoms with Crippen molar-refractivity contribution in [3.8, 4) is 22.6 Å². The van der Waals surface area contributed by atoms with Crippen LogP contribution in [0.5, 0.6) is 0 Å². The van der Waals surface area contributed by atoms with Crippen molar-refractivity contribution < 1.29 is 20.1 Å². The Bertz CT molecular complexity index is 993. The second kappa shape index (κ2) is 6.82. The fourth-order valence-electron chi connectivity index (χ4n) is 4.20. The smallest absolute Gasteiger partial charge is 0.164 e. The zero-order valence-corrected chi connectivity index (χ0v) is 19.6. The quantitative estimate of drug-likeness (QED) is 0.423. The molecular weight excluding hydrogens is 524 g/mol. The van der Waals surface area contributed by atoms with Crippen molar-refractivity contribution in [2.45, 2.75) is 52.4 Å². The van der Waals surface area contributed by atoms with Gasteiger partial charge in [-0.1, -0.05) is 53.7 Å². The van der Waals surface area contributed by atoms with Crippen molar-refractivity contribution in [1.29, 1.82) is 0 Å². The maximum absolute atomic E-state index is 4.64. The minimum atomic E-state index is 0. The Balaban J connectivity index is 0.00000225. The van der Waals surface area contributed by atoms with Gasteiger partial charge in [0.2, 0.25) is 0 Å². The predicted octanol–water partition coefficient (Wildman–Crippen LogP) is 4.99. The fraction of sp³-hybridized carbons (Fsp3) is 0.391. The third-order valence-corrected chi connectivity index (χ3v) is 7.21. The van der Waals surface area contributed by atoms with Crippen LogP contribution in [0.4, 0.5) is 0 Å². The molecule has 0 amide bonds. The first-order valence-electron chi connectivity index (χ1n) is 9.32. The summed E-state index contributed by atoms with van der Waals surface area (Å²) in [4.78, 5) is 16.9. The van der Waals surface area contributed by atoms with Crippen LogP contribution in [0, 0.1) is 11.5 Å². The van der Waals surface area contributed by atoms with Gasteiger partial charge in [0.05, 0.1) is 0 Å². The van der Waals surface area contributed by atoms with Gasteiger partial charge in [-0.2, -0.15) is 0 Å². The van der Waals surface area contributed by atoms with Gasteiger partial charge in [-0.25, -0.2) is 15.0 Å². The third kappa shape index (κ3) is 2.84. The molecule has 2 aromatic heterocycles. The van der Waals surface area contributed by atoms with Crippen LogP contribution in [0.1, 0.15) is 52.7 Å². The number of pyridine rings is 1. The maximum Gasteiger partial charge on any atom is 0.164 e. The van der Waals surface area contributed by atoms with Crippen LogP contribution in [0.3, 0.4) is 0 Å². The number of hydrogen-bond acceptors (Lipinski definition) is 4. The summed E-state index contributed by atoms with van der Waals surface area (Å²) in [5, 5.41) is 0. The molecule has 1 aliphatic carbocycles. The zero-order valence-electron chi connectivity index (χ0n) is 17.2. The molecule has 3 aromatic rings. The van der Waals surface area contributed by atoms with Crippen LogP contribution in [-0.4, -0.2) is 19.9 Å². The van der Waals surface area contributed by atoms with Crippen LogP contribution in [0.15, 0.2) is 43.1 Å². The van der Waals surface area contributed by atoms with Gasteiger partial charge in [0, 0.05) is 31.9 Å². The van der Waals surface area contributed by atoms with Crippen LogP contribution < -0.4 is 0 Å². The number of benzene rings is 1. The Morgan fingerprint density at radius 2 is 1.46 bits per heavy atom. The summed E-state index contributed by atoms with van der Waals surface area (Å²) < 4.78 is 0. The van der Waals surface area contributed by atoms with Crippen LogP contribution in [-0.2, 0) is 30.9 Å². The van der Waals surface area contributed by atoms with E-state index >= 15 is 0 Å². The van der Waals surface area contributed by atoms with Crippen molar-refractivity contribution in [3.05, 3.63) is 60.3 Å². The standard InChI is InChI=1S/C23H25N4.Ir/c1-21(2)17-9-7-15(11-18(17)22(3,4)23(21,5)6)19-10-8-16(12-25-19)20-26-13-24-14-27-20;/h8-14H,1-6H3;/q-1;. The average Bonchev–Trinajstić information content (AvgIpc) is 2.77. The van der Waals surface area contributed by atoms with E-state index in [1.807, 2.05) is 18.3 Å². The number of nitrogens with zero attached hydrogens (tertiary/aromatic N) is 4. The largest absolute Gasteiger partial charge is 0.304 e. The molecule has 0 aliphatic heterocycles. The van der Waals surface area contributed by atoms with E-state index < -0.39 is 0 Å². The van der Waals surface area contributed by atoms with E-state index in [0.717, 1.165) is 16.8 Å². The van der Waals surface area contributed by atoms with Gasteiger partial charge in [-0.05, 0) is 21.9 Å². The van der Waals surface area contributed by atoms with Crippen LogP contribution in [0.2, 0.25) is 0 Å². The molecule has 0 saturated heterocycles. The summed E-state index contributed by atoms with van der Waals surface area (Å²) in [6.45, 7) is 14.1. The zero-order chi connectivity index (χ0) is 19.4. The molecule has 0 saturated carbocycles. The second-order valence-corrected chi connectivity index (χ2v) is 8.94. The van der Waals surface area contributed by atoms with E-state index in [4.69, 9.17) is 0 Å². The summed E-state index contributed by atoms with van der Waals surface area (Å²) in [6, 6.07) is 11.9. The molecule has 2 heterocycles. The summed E-state index contributed by atoms with van der Waals surface area (Å²) in [5.41, 5.74) is 5.91. The minimum Gasteiger partial charge on any atom is -0.304 e. The van der Waals surface area contributed by atoms with Gasteiger partial charge in [-0.15, -0.1) is 34.9 Å². The molecule has 4 nitrogen and oxygen atoms in total. The van der Waals surface area contributed by atoms with Gasteiger partial charge >= 0.3 is 0 Å². The second-order valence-electron chi connectivity index (χ2n) is 8.94. The number of fused-ring (bicyclic) bond motifs is 1. The predicted molar refractivity (Wildman–Crippen MR) is 107 cm³/mol. The summed E-state index contributed by atoms with van der Waals surface area (Å²) in [6.07, 6.45) is 4.80. The SMILES string of the molecule is CC1(C)c2c[c-]c(-c3ccc(-c4ncncn4)cn3)cc2C(C)(C)C1(C)C.[Ir]. The van der Waals surface area contributed by atoms with Crippen molar-refractivity contribution in [1.82, 2.24) is 19.9 Å². The Morgan fingerprint density at radius 3 is 2.07 bits per heavy atom. The van der Waals surface area contributed by atoms with Crippen molar-refractivity contribution in [3.63, 3.8) is 0 Å². The van der Waals surface area contributed by atoms with Crippen LogP contribution in [0.25, 0.3) is 22.6 Å². The molecule has 0 spiro atoms. The molecule has 1 aliphatic rings. The van der Waals surface area contributed by atoms with Crippen molar-refractivity contribution in [2.24, 2.45) is 5.41 Å². The molecule has 147 valence electrons. The molecule has 1 radical (unpaired) electrons. The Morgan fingerprint density at radius 1 is 0.821 bits per heavy atom. The molecule has 0 unspecified atom stereocenters. The third-order valence-electron chi connectivity index (χ3n) is 7.21. The first kappa shape index (κ1) is 20.8. The molecular formula is C23H25IrN4-. The summed E-state index contributed by atoms with van der Waals surface area (Å²) >= 11 is 0. The first-order valence-corrected chi connectivity index (χ1v) is 9.32. The average molecular weight is 550 g/mol. The van der Waals surface area contributed by atoms with Crippen LogP contribution >= 0.6 is 0 Å². The molecule has 5 heteroatoms. The number of hydrogen-bond donors (Lipinski definition) is 0. The number of rotatable bonds is 2. The molecule has 4 rings (SSSR count). The monoisotopic (exact) mass is 550 g/mol. The Kier molecular flexibility index (Phi) is 5.06. The maximum atomic E-state index is 4.64. The van der Waals surface area contributed by atoms with Crippen molar-refractivity contribution in [2.75, 3.05) is 0 Å². The van der Waals surface area contributed by atoms with E-state index in [0.29, 0.717) is 5.82 Å². The molecule has 1 aromatic carbocycles. The van der Waals surface area contributed by atoms with Gasteiger partial charge in [0.15, 0.2) is 5.82 Å². The summed E-state index contributed by atoms with van der Waals surface area (Å²) in [7, 11) is 0. The van der Waals surface area contributed by atoms with E-state index in [-0.39, 0.29) is 36.4 Å². The molecule has 28 heavy (non-hydrogen) atoms. The summed E-state index contributed by atoms with van der Waals surface area (Å²) in [5.74, 6) is 0.631. The van der Waals surface area contributed by atoms with Gasteiger partial charge in [-0.3, -0.25) is 0 Å². The Hall–Kier alpha value is -1.97. The topological polar surface area (TPSA) is 51.6 Å².